The van der Waals surface area contributed by atoms with E-state index in [1.54, 1.807) is 0 Å². The van der Waals surface area contributed by atoms with Gasteiger partial charge < -0.3 is 0 Å². The maximum absolute atomic E-state index is 4.26. The van der Waals surface area contributed by atoms with Crippen LogP contribution in [0.5, 0.6) is 0 Å². The molecular weight excluding hydrogens is 1160 g/mol. The molecule has 10 aliphatic heterocycles. The minimum Gasteiger partial charge on any atom is -0.286 e. The predicted molar refractivity (Wildman–Crippen MR) is 314 cm³/mol. The van der Waals surface area contributed by atoms with Crippen molar-refractivity contribution in [2.45, 2.75) is 304 Å². The van der Waals surface area contributed by atoms with Gasteiger partial charge in [0.1, 0.15) is 0 Å². The summed E-state index contributed by atoms with van der Waals surface area (Å²) in [6.07, 6.45) is 51.1. The van der Waals surface area contributed by atoms with E-state index < -0.39 is 0 Å². The molecule has 459 valence electrons. The Balaban J connectivity index is 0.000000132. The van der Waals surface area contributed by atoms with Crippen molar-refractivity contribution < 1.29 is 37.7 Å². The zero-order valence-corrected chi connectivity index (χ0v) is 51.3. The van der Waals surface area contributed by atoms with E-state index in [2.05, 4.69) is 85.1 Å². The minimum atomic E-state index is 0. The molecule has 16 unspecified atom stereocenters. The van der Waals surface area contributed by atoms with Crippen molar-refractivity contribution in [2.75, 3.05) is 0 Å². The molecule has 10 heterocycles. The fraction of sp³-hybridized carbons (Fsp3) is 1.00. The summed E-state index contributed by atoms with van der Waals surface area (Å²) >= 11 is 0. The van der Waals surface area contributed by atoms with Crippen LogP contribution in [0.4, 0.5) is 0 Å². The van der Waals surface area contributed by atoms with E-state index in [-0.39, 0.29) is 37.7 Å². The molecular formula is C64H112HoN16. The summed E-state index contributed by atoms with van der Waals surface area (Å²) in [7, 11) is 0. The van der Waals surface area contributed by atoms with E-state index in [4.69, 9.17) is 0 Å². The molecule has 18 aliphatic rings. The topological polar surface area (TPSA) is 192 Å². The average molecular weight is 1270 g/mol. The molecule has 16 N–H and O–H groups in total. The number of rotatable bonds is 0. The Kier molecular flexibility index (Phi) is 17.1. The molecule has 16 nitrogen and oxygen atoms in total. The van der Waals surface area contributed by atoms with Crippen molar-refractivity contribution in [1.82, 2.24) is 85.1 Å². The Labute approximate surface area is 518 Å². The van der Waals surface area contributed by atoms with E-state index >= 15 is 0 Å². The SMILES string of the molecule is C1CCC2C3NC(NC4NC(NC5NC(NC6NC(N3)C3CCCCC63)C3CCCCC53)C3CCCCC43)C2C1.C1CCC2C3NC(NC4NC(NC5NC(NC6NC(N3)C3CCCCC63)C3CCCCC53)C3CCCCC43)C2C1.[Ho]. The summed E-state index contributed by atoms with van der Waals surface area (Å²) in [6.45, 7) is 0. The molecule has 17 heteroatoms. The zero-order valence-electron chi connectivity index (χ0n) is 49.4. The van der Waals surface area contributed by atoms with E-state index in [0.717, 1.165) is 94.7 Å². The van der Waals surface area contributed by atoms with Crippen molar-refractivity contribution in [3.63, 3.8) is 0 Å². The Bertz CT molecular complexity index is 1570. The number of hydrogen-bond acceptors (Lipinski definition) is 16. The van der Waals surface area contributed by atoms with Gasteiger partial charge >= 0.3 is 0 Å². The van der Waals surface area contributed by atoms with Crippen molar-refractivity contribution in [2.24, 2.45) is 94.7 Å². The molecule has 10 saturated heterocycles. The van der Waals surface area contributed by atoms with Gasteiger partial charge in [-0.25, -0.2) is 0 Å². The predicted octanol–water partition coefficient (Wildman–Crippen LogP) is 5.21. The molecule has 0 amide bonds. The van der Waals surface area contributed by atoms with Crippen LogP contribution >= 0.6 is 0 Å². The van der Waals surface area contributed by atoms with Gasteiger partial charge in [0.25, 0.3) is 0 Å². The maximum atomic E-state index is 4.26. The smallest absolute Gasteiger partial charge is 0.0628 e. The van der Waals surface area contributed by atoms with Gasteiger partial charge in [0, 0.05) is 37.7 Å². The van der Waals surface area contributed by atoms with Crippen LogP contribution in [0.1, 0.15) is 205 Å². The maximum Gasteiger partial charge on any atom is 0.0628 e. The van der Waals surface area contributed by atoms with E-state index in [1.165, 1.54) is 205 Å². The van der Waals surface area contributed by atoms with Gasteiger partial charge in [0.2, 0.25) is 0 Å². The monoisotopic (exact) mass is 1270 g/mol. The fourth-order valence-corrected chi connectivity index (χ4v) is 23.9. The van der Waals surface area contributed by atoms with E-state index in [1.807, 2.05) is 0 Å². The Morgan fingerprint density at radius 2 is 0.173 bits per heavy atom. The van der Waals surface area contributed by atoms with E-state index in [0.29, 0.717) is 98.7 Å². The summed E-state index contributed by atoms with van der Waals surface area (Å²) in [5.41, 5.74) is 0. The van der Waals surface area contributed by atoms with Gasteiger partial charge in [0.15, 0.2) is 0 Å². The molecule has 16 bridgehead atoms. The van der Waals surface area contributed by atoms with Crippen LogP contribution in [0.3, 0.4) is 0 Å². The van der Waals surface area contributed by atoms with Gasteiger partial charge in [-0.3, -0.25) is 85.1 Å². The van der Waals surface area contributed by atoms with Crippen LogP contribution in [0.25, 0.3) is 0 Å². The summed E-state index contributed by atoms with van der Waals surface area (Å²) in [6, 6.07) is 0. The van der Waals surface area contributed by atoms with Crippen LogP contribution in [0, 0.1) is 132 Å². The third-order valence-corrected chi connectivity index (χ3v) is 27.6. The molecule has 8 aliphatic carbocycles. The Hall–Kier alpha value is 0.620. The quantitative estimate of drug-likeness (QED) is 0.141. The molecule has 8 saturated carbocycles. The van der Waals surface area contributed by atoms with Crippen molar-refractivity contribution >= 4 is 0 Å². The summed E-state index contributed by atoms with van der Waals surface area (Å²) in [5, 5.41) is 67.6. The van der Waals surface area contributed by atoms with Gasteiger partial charge in [-0.05, 0) is 197 Å². The first kappa shape index (κ1) is 56.8. The second-order valence-corrected chi connectivity index (χ2v) is 31.2. The first-order valence-corrected chi connectivity index (χ1v) is 35.8. The largest absolute Gasteiger partial charge is 0.286 e. The molecule has 0 aromatic rings. The average Bonchev–Trinajstić information content (AvgIpc) is 4.47. The molecule has 81 heavy (non-hydrogen) atoms. The minimum absolute atomic E-state index is 0. The van der Waals surface area contributed by atoms with Crippen LogP contribution in [0.15, 0.2) is 0 Å². The van der Waals surface area contributed by atoms with Crippen LogP contribution in [-0.2, 0) is 0 Å². The third kappa shape index (κ3) is 10.6. The van der Waals surface area contributed by atoms with E-state index in [9.17, 15) is 0 Å². The normalized spacial score (nSPS) is 56.9. The molecule has 16 atom stereocenters. The number of nitrogens with one attached hydrogen (secondary N) is 16. The standard InChI is InChI=1S/2C32H56N8.Ho/c2*1-2-10-18-17(9-1)25-33-26(18)38-28-21-13-5-6-14-22(21)30(35-28)40-32-24-16-8-7-15-23(24)31(36-32)39-29-20-12-4-3-11-19(20)27(34-29)37-25;/h2*17-40H,1-16H2;. The van der Waals surface area contributed by atoms with Gasteiger partial charge in [-0.1, -0.05) is 103 Å². The first-order chi connectivity index (χ1) is 39.6. The Morgan fingerprint density at radius 1 is 0.111 bits per heavy atom. The summed E-state index contributed by atoms with van der Waals surface area (Å²) < 4.78 is 0. The molecule has 18 fully saturated rings. The van der Waals surface area contributed by atoms with Gasteiger partial charge in [-0.15, -0.1) is 0 Å². The van der Waals surface area contributed by atoms with Crippen LogP contribution in [-0.4, -0.2) is 98.7 Å². The number of fused-ring (bicyclic) bond motifs is 40. The van der Waals surface area contributed by atoms with Crippen molar-refractivity contribution in [1.29, 1.82) is 0 Å². The van der Waals surface area contributed by atoms with Crippen molar-refractivity contribution in [3.05, 3.63) is 0 Å². The summed E-state index contributed by atoms with van der Waals surface area (Å²) in [4.78, 5) is 0. The van der Waals surface area contributed by atoms with Crippen LogP contribution < -0.4 is 85.1 Å². The molecule has 1 radical (unpaired) electrons. The fourth-order valence-electron chi connectivity index (χ4n) is 23.9. The van der Waals surface area contributed by atoms with Crippen LogP contribution in [0.2, 0.25) is 0 Å². The molecule has 0 aromatic carbocycles. The number of hydrogen-bond donors (Lipinski definition) is 16. The molecule has 0 aromatic heterocycles. The zero-order chi connectivity index (χ0) is 52.4. The Morgan fingerprint density at radius 3 is 0.235 bits per heavy atom. The van der Waals surface area contributed by atoms with Gasteiger partial charge in [-0.2, -0.15) is 0 Å². The summed E-state index contributed by atoms with van der Waals surface area (Å²) in [5.74, 6) is 11.9. The molecule has 18 rings (SSSR count). The first-order valence-electron chi connectivity index (χ1n) is 35.8. The second kappa shape index (κ2) is 24.4. The third-order valence-electron chi connectivity index (χ3n) is 27.6. The van der Waals surface area contributed by atoms with Crippen molar-refractivity contribution in [3.8, 4) is 0 Å². The van der Waals surface area contributed by atoms with Gasteiger partial charge in [0.05, 0.1) is 98.7 Å². The second-order valence-electron chi connectivity index (χ2n) is 31.2. The molecule has 0 spiro atoms.